The Kier molecular flexibility index (Phi) is 2.73. The van der Waals surface area contributed by atoms with Crippen molar-refractivity contribution in [1.82, 2.24) is 0 Å². The number of hydrogen-bond donors (Lipinski definition) is 1. The average molecular weight is 200 g/mol. The van der Waals surface area contributed by atoms with Crippen LogP contribution >= 0.6 is 0 Å². The molecule has 1 aromatic carbocycles. The van der Waals surface area contributed by atoms with Crippen LogP contribution in [0.4, 0.5) is 0 Å². The maximum atomic E-state index is 11.2. The van der Waals surface area contributed by atoms with E-state index in [-0.39, 0.29) is 4.90 Å². The fourth-order valence-corrected chi connectivity index (χ4v) is 2.16. The number of rotatable bonds is 2. The van der Waals surface area contributed by atoms with Crippen LogP contribution in [0.3, 0.4) is 0 Å². The van der Waals surface area contributed by atoms with Gasteiger partial charge in [0.1, 0.15) is 0 Å². The Morgan fingerprint density at radius 3 is 2.23 bits per heavy atom. The van der Waals surface area contributed by atoms with Crippen molar-refractivity contribution in [3.8, 4) is 0 Å². The summed E-state index contributed by atoms with van der Waals surface area (Å²) in [5, 5.41) is 9.30. The molecule has 1 N–H and O–H groups in total. The van der Waals surface area contributed by atoms with E-state index in [0.29, 0.717) is 5.56 Å². The second-order valence-electron chi connectivity index (χ2n) is 2.99. The van der Waals surface area contributed by atoms with Crippen molar-refractivity contribution >= 4 is 9.84 Å². The van der Waals surface area contributed by atoms with Gasteiger partial charge in [-0.3, -0.25) is 0 Å². The largest absolute Gasteiger partial charge is 0.389 e. The first kappa shape index (κ1) is 10.2. The Morgan fingerprint density at radius 1 is 1.31 bits per heavy atom. The van der Waals surface area contributed by atoms with Gasteiger partial charge in [-0.2, -0.15) is 0 Å². The number of benzene rings is 1. The van der Waals surface area contributed by atoms with Gasteiger partial charge in [-0.1, -0.05) is 18.2 Å². The van der Waals surface area contributed by atoms with E-state index in [0.717, 1.165) is 6.26 Å². The van der Waals surface area contributed by atoms with Gasteiger partial charge in [-0.25, -0.2) is 8.42 Å². The fourth-order valence-electron chi connectivity index (χ4n) is 1.16. The van der Waals surface area contributed by atoms with Gasteiger partial charge in [0.25, 0.3) is 0 Å². The first-order valence-electron chi connectivity index (χ1n) is 3.90. The van der Waals surface area contributed by atoms with Crippen LogP contribution in [-0.4, -0.2) is 19.8 Å². The van der Waals surface area contributed by atoms with Gasteiger partial charge in [-0.05, 0) is 18.6 Å². The molecule has 72 valence electrons. The highest BCUT2D eigenvalue weighted by Gasteiger charge is 2.14. The number of aliphatic hydroxyl groups is 1. The Balaban J connectivity index is 3.37. The van der Waals surface area contributed by atoms with E-state index < -0.39 is 15.9 Å². The lowest BCUT2D eigenvalue weighted by molar-refractivity contribution is 0.196. The molecule has 0 aliphatic heterocycles. The van der Waals surface area contributed by atoms with Gasteiger partial charge in [0.2, 0.25) is 0 Å². The standard InChI is InChI=1S/C9H12O3S/c1-7(10)8-5-3-4-6-9(8)13(2,11)12/h3-7,10H,1-2H3. The third-order valence-electron chi connectivity index (χ3n) is 1.77. The molecule has 0 saturated heterocycles. The van der Waals surface area contributed by atoms with Crippen molar-refractivity contribution in [2.75, 3.05) is 6.26 Å². The minimum Gasteiger partial charge on any atom is -0.389 e. The molecule has 0 aromatic heterocycles. The smallest absolute Gasteiger partial charge is 0.175 e. The van der Waals surface area contributed by atoms with Gasteiger partial charge >= 0.3 is 0 Å². The summed E-state index contributed by atoms with van der Waals surface area (Å²) in [6.07, 6.45) is 0.375. The number of sulfone groups is 1. The van der Waals surface area contributed by atoms with Crippen LogP contribution in [0.1, 0.15) is 18.6 Å². The zero-order valence-corrected chi connectivity index (χ0v) is 8.38. The molecule has 1 unspecified atom stereocenters. The molecule has 0 fully saturated rings. The number of aliphatic hydroxyl groups excluding tert-OH is 1. The third kappa shape index (κ3) is 2.29. The van der Waals surface area contributed by atoms with Crippen LogP contribution in [0.5, 0.6) is 0 Å². The topological polar surface area (TPSA) is 54.4 Å². The molecule has 1 atom stereocenters. The van der Waals surface area contributed by atoms with Crippen LogP contribution in [0.2, 0.25) is 0 Å². The monoisotopic (exact) mass is 200 g/mol. The zero-order chi connectivity index (χ0) is 10.1. The molecule has 1 rings (SSSR count). The van der Waals surface area contributed by atoms with Gasteiger partial charge in [0.15, 0.2) is 9.84 Å². The van der Waals surface area contributed by atoms with E-state index in [1.807, 2.05) is 0 Å². The second-order valence-corrected chi connectivity index (χ2v) is 4.97. The fraction of sp³-hybridized carbons (Fsp3) is 0.333. The van der Waals surface area contributed by atoms with E-state index in [4.69, 9.17) is 0 Å². The first-order valence-corrected chi connectivity index (χ1v) is 5.79. The summed E-state index contributed by atoms with van der Waals surface area (Å²) in [5.74, 6) is 0. The lowest BCUT2D eigenvalue weighted by Crippen LogP contribution is -2.04. The summed E-state index contributed by atoms with van der Waals surface area (Å²) >= 11 is 0. The summed E-state index contributed by atoms with van der Waals surface area (Å²) < 4.78 is 22.5. The molecule has 0 amide bonds. The van der Waals surface area contributed by atoms with E-state index in [1.54, 1.807) is 25.1 Å². The highest BCUT2D eigenvalue weighted by molar-refractivity contribution is 7.90. The Labute approximate surface area is 77.9 Å². The molecule has 0 aliphatic carbocycles. The van der Waals surface area contributed by atoms with Crippen LogP contribution in [-0.2, 0) is 9.84 Å². The van der Waals surface area contributed by atoms with Crippen molar-refractivity contribution in [1.29, 1.82) is 0 Å². The minimum atomic E-state index is -3.24. The Bertz CT molecular complexity index is 393. The summed E-state index contributed by atoms with van der Waals surface area (Å²) in [7, 11) is -3.24. The van der Waals surface area contributed by atoms with Crippen molar-refractivity contribution in [3.63, 3.8) is 0 Å². The SMILES string of the molecule is CC(O)c1ccccc1S(C)(=O)=O. The molecule has 1 aromatic rings. The molecular formula is C9H12O3S. The molecule has 0 heterocycles. The maximum Gasteiger partial charge on any atom is 0.175 e. The van der Waals surface area contributed by atoms with Gasteiger partial charge < -0.3 is 5.11 Å². The molecule has 0 radical (unpaired) electrons. The molecule has 13 heavy (non-hydrogen) atoms. The van der Waals surface area contributed by atoms with E-state index in [9.17, 15) is 13.5 Å². The molecule has 0 aliphatic rings. The van der Waals surface area contributed by atoms with Gasteiger partial charge in [-0.15, -0.1) is 0 Å². The van der Waals surface area contributed by atoms with Gasteiger partial charge in [0, 0.05) is 6.26 Å². The predicted molar refractivity (Wildman–Crippen MR) is 50.2 cm³/mol. The normalized spacial score (nSPS) is 14.1. The lowest BCUT2D eigenvalue weighted by atomic mass is 10.1. The second kappa shape index (κ2) is 3.47. The van der Waals surface area contributed by atoms with Crippen LogP contribution in [0.15, 0.2) is 29.2 Å². The molecule has 0 bridgehead atoms. The van der Waals surface area contributed by atoms with Crippen LogP contribution in [0, 0.1) is 0 Å². The average Bonchev–Trinajstić information content (AvgIpc) is 2.03. The summed E-state index contributed by atoms with van der Waals surface area (Å²) in [6, 6.07) is 6.46. The quantitative estimate of drug-likeness (QED) is 0.779. The Morgan fingerprint density at radius 2 is 1.85 bits per heavy atom. The van der Waals surface area contributed by atoms with E-state index in [1.165, 1.54) is 6.07 Å². The zero-order valence-electron chi connectivity index (χ0n) is 7.56. The highest BCUT2D eigenvalue weighted by Crippen LogP contribution is 2.21. The Hall–Kier alpha value is -0.870. The lowest BCUT2D eigenvalue weighted by Gasteiger charge is -2.09. The van der Waals surface area contributed by atoms with Gasteiger partial charge in [0.05, 0.1) is 11.0 Å². The van der Waals surface area contributed by atoms with Crippen molar-refractivity contribution in [3.05, 3.63) is 29.8 Å². The van der Waals surface area contributed by atoms with E-state index >= 15 is 0 Å². The highest BCUT2D eigenvalue weighted by atomic mass is 32.2. The van der Waals surface area contributed by atoms with Crippen molar-refractivity contribution < 1.29 is 13.5 Å². The molecule has 0 saturated carbocycles. The number of hydrogen-bond acceptors (Lipinski definition) is 3. The molecule has 3 nitrogen and oxygen atoms in total. The summed E-state index contributed by atoms with van der Waals surface area (Å²) in [5.41, 5.74) is 0.449. The third-order valence-corrected chi connectivity index (χ3v) is 2.94. The predicted octanol–water partition coefficient (Wildman–Crippen LogP) is 1.14. The molecule has 0 spiro atoms. The summed E-state index contributed by atoms with van der Waals surface area (Å²) in [4.78, 5) is 0.199. The summed E-state index contributed by atoms with van der Waals surface area (Å²) in [6.45, 7) is 1.55. The molecular weight excluding hydrogens is 188 g/mol. The van der Waals surface area contributed by atoms with Crippen LogP contribution < -0.4 is 0 Å². The minimum absolute atomic E-state index is 0.199. The molecule has 4 heteroatoms. The maximum absolute atomic E-state index is 11.2. The van der Waals surface area contributed by atoms with Crippen molar-refractivity contribution in [2.24, 2.45) is 0 Å². The van der Waals surface area contributed by atoms with Crippen molar-refractivity contribution in [2.45, 2.75) is 17.9 Å². The first-order chi connectivity index (χ1) is 5.93. The van der Waals surface area contributed by atoms with Crippen LogP contribution in [0.25, 0.3) is 0 Å². The van der Waals surface area contributed by atoms with E-state index in [2.05, 4.69) is 0 Å².